The number of pyridine rings is 1. The highest BCUT2D eigenvalue weighted by molar-refractivity contribution is 6.07. The summed E-state index contributed by atoms with van der Waals surface area (Å²) in [5.74, 6) is -0.310. The minimum atomic E-state index is -0.483. The Morgan fingerprint density at radius 3 is 2.79 bits per heavy atom. The topological polar surface area (TPSA) is 105 Å². The van der Waals surface area contributed by atoms with E-state index in [0.29, 0.717) is 23.0 Å². The lowest BCUT2D eigenvalue weighted by Gasteiger charge is -2.21. The first-order valence-corrected chi connectivity index (χ1v) is 7.77. The number of aliphatic hydroxyl groups is 1. The molecule has 2 aromatic rings. The molecule has 0 atom stereocenters. The number of aromatic nitrogens is 1. The minimum absolute atomic E-state index is 0.0701. The number of non-ortho nitro benzene ring substituents is 1. The molecule has 0 unspecified atom stereocenters. The highest BCUT2D eigenvalue weighted by Gasteiger charge is 2.19. The van der Waals surface area contributed by atoms with Crippen molar-refractivity contribution in [3.05, 3.63) is 46.1 Å². The molecule has 24 heavy (non-hydrogen) atoms. The van der Waals surface area contributed by atoms with Gasteiger partial charge in [-0.05, 0) is 36.5 Å². The standard InChI is InChI=1S/C17H21N3O4/c1-17(2,11-21)8-4-10-19-16(22)13-6-7-14(20(23)24)12-5-3-9-18-15(12)13/h3,5-7,9,21H,4,8,10-11H2,1-2H3,(H,19,22). The van der Waals surface area contributed by atoms with Crippen LogP contribution in [0.2, 0.25) is 0 Å². The van der Waals surface area contributed by atoms with Crippen LogP contribution in [0.5, 0.6) is 0 Å². The summed E-state index contributed by atoms with van der Waals surface area (Å²) in [6.45, 7) is 4.48. The minimum Gasteiger partial charge on any atom is -0.396 e. The number of nitro benzene ring substituents is 1. The van der Waals surface area contributed by atoms with Crippen LogP contribution in [-0.2, 0) is 0 Å². The Bertz CT molecular complexity index is 759. The van der Waals surface area contributed by atoms with E-state index in [-0.39, 0.29) is 23.6 Å². The summed E-state index contributed by atoms with van der Waals surface area (Å²) in [4.78, 5) is 27.1. The molecule has 0 aliphatic heterocycles. The molecule has 128 valence electrons. The molecule has 1 aromatic carbocycles. The maximum Gasteiger partial charge on any atom is 0.278 e. The second kappa shape index (κ2) is 7.35. The Balaban J connectivity index is 2.13. The smallest absolute Gasteiger partial charge is 0.278 e. The van der Waals surface area contributed by atoms with Crippen LogP contribution in [0, 0.1) is 15.5 Å². The van der Waals surface area contributed by atoms with E-state index in [9.17, 15) is 20.0 Å². The second-order valence-corrected chi connectivity index (χ2v) is 6.47. The van der Waals surface area contributed by atoms with Crippen LogP contribution in [0.4, 0.5) is 5.69 Å². The summed E-state index contributed by atoms with van der Waals surface area (Å²) in [5, 5.41) is 23.5. The van der Waals surface area contributed by atoms with Gasteiger partial charge in [0.25, 0.3) is 11.6 Å². The number of aliphatic hydroxyl groups excluding tert-OH is 1. The van der Waals surface area contributed by atoms with E-state index < -0.39 is 4.92 Å². The summed E-state index contributed by atoms with van der Waals surface area (Å²) in [5.41, 5.74) is 0.392. The Hall–Kier alpha value is -2.54. The lowest BCUT2D eigenvalue weighted by molar-refractivity contribution is -0.383. The number of hydrogen-bond donors (Lipinski definition) is 2. The molecule has 0 bridgehead atoms. The number of benzene rings is 1. The van der Waals surface area contributed by atoms with Gasteiger partial charge in [0.15, 0.2) is 0 Å². The molecule has 0 spiro atoms. The molecule has 7 nitrogen and oxygen atoms in total. The molecule has 1 heterocycles. The molecule has 7 heteroatoms. The molecule has 1 aromatic heterocycles. The van der Waals surface area contributed by atoms with Crippen molar-refractivity contribution in [2.45, 2.75) is 26.7 Å². The first-order valence-electron chi connectivity index (χ1n) is 7.77. The van der Waals surface area contributed by atoms with E-state index in [1.807, 2.05) is 13.8 Å². The van der Waals surface area contributed by atoms with Crippen LogP contribution in [0.25, 0.3) is 10.9 Å². The van der Waals surface area contributed by atoms with Crippen LogP contribution in [0.3, 0.4) is 0 Å². The molecule has 0 aliphatic carbocycles. The maximum absolute atomic E-state index is 12.4. The predicted octanol–water partition coefficient (Wildman–Crippen LogP) is 2.67. The van der Waals surface area contributed by atoms with Crippen molar-refractivity contribution in [2.75, 3.05) is 13.2 Å². The third-order valence-electron chi connectivity index (χ3n) is 3.93. The number of nitro groups is 1. The third-order valence-corrected chi connectivity index (χ3v) is 3.93. The average molecular weight is 331 g/mol. The van der Waals surface area contributed by atoms with E-state index in [1.165, 1.54) is 18.3 Å². The van der Waals surface area contributed by atoms with Crippen LogP contribution >= 0.6 is 0 Å². The monoisotopic (exact) mass is 331 g/mol. The fourth-order valence-electron chi connectivity index (χ4n) is 2.44. The molecular weight excluding hydrogens is 310 g/mol. The van der Waals surface area contributed by atoms with Crippen molar-refractivity contribution in [3.8, 4) is 0 Å². The number of hydrogen-bond acceptors (Lipinski definition) is 5. The zero-order valence-electron chi connectivity index (χ0n) is 13.8. The van der Waals surface area contributed by atoms with E-state index in [2.05, 4.69) is 10.3 Å². The quantitative estimate of drug-likeness (QED) is 0.461. The number of nitrogens with one attached hydrogen (secondary N) is 1. The molecule has 0 radical (unpaired) electrons. The molecule has 0 fully saturated rings. The Morgan fingerprint density at radius 2 is 2.12 bits per heavy atom. The summed E-state index contributed by atoms with van der Waals surface area (Å²) in [6.07, 6.45) is 3.02. The van der Waals surface area contributed by atoms with E-state index in [0.717, 1.165) is 12.8 Å². The number of rotatable bonds is 7. The van der Waals surface area contributed by atoms with Gasteiger partial charge in [0.1, 0.15) is 0 Å². The molecule has 1 amide bonds. The largest absolute Gasteiger partial charge is 0.396 e. The van der Waals surface area contributed by atoms with Crippen molar-refractivity contribution in [1.82, 2.24) is 10.3 Å². The normalized spacial score (nSPS) is 11.5. The van der Waals surface area contributed by atoms with Gasteiger partial charge in [-0.1, -0.05) is 13.8 Å². The van der Waals surface area contributed by atoms with Crippen LogP contribution in [0.1, 0.15) is 37.0 Å². The van der Waals surface area contributed by atoms with Gasteiger partial charge in [0, 0.05) is 25.4 Å². The molecule has 0 aliphatic rings. The second-order valence-electron chi connectivity index (χ2n) is 6.47. The highest BCUT2D eigenvalue weighted by Crippen LogP contribution is 2.26. The molecule has 2 N–H and O–H groups in total. The Kier molecular flexibility index (Phi) is 5.46. The summed E-state index contributed by atoms with van der Waals surface area (Å²) < 4.78 is 0. The van der Waals surface area contributed by atoms with E-state index in [4.69, 9.17) is 0 Å². The zero-order chi connectivity index (χ0) is 17.7. The summed E-state index contributed by atoms with van der Waals surface area (Å²) >= 11 is 0. The van der Waals surface area contributed by atoms with Crippen molar-refractivity contribution in [3.63, 3.8) is 0 Å². The zero-order valence-corrected chi connectivity index (χ0v) is 13.8. The molecular formula is C17H21N3O4. The Morgan fingerprint density at radius 1 is 1.38 bits per heavy atom. The van der Waals surface area contributed by atoms with Gasteiger partial charge in [-0.25, -0.2) is 0 Å². The number of nitrogens with zero attached hydrogens (tertiary/aromatic N) is 2. The SMILES string of the molecule is CC(C)(CO)CCCNC(=O)c1ccc([N+](=O)[O-])c2cccnc12. The number of carbonyl (C=O) groups is 1. The number of amides is 1. The van der Waals surface area contributed by atoms with Crippen molar-refractivity contribution in [1.29, 1.82) is 0 Å². The number of carbonyl (C=O) groups excluding carboxylic acids is 1. The van der Waals surface area contributed by atoms with Gasteiger partial charge >= 0.3 is 0 Å². The average Bonchev–Trinajstić information content (AvgIpc) is 2.57. The molecule has 0 saturated heterocycles. The van der Waals surface area contributed by atoms with E-state index >= 15 is 0 Å². The number of fused-ring (bicyclic) bond motifs is 1. The van der Waals surface area contributed by atoms with Gasteiger partial charge in [-0.3, -0.25) is 19.9 Å². The van der Waals surface area contributed by atoms with Gasteiger partial charge < -0.3 is 10.4 Å². The maximum atomic E-state index is 12.4. The lowest BCUT2D eigenvalue weighted by Crippen LogP contribution is -2.26. The third kappa shape index (κ3) is 4.05. The van der Waals surface area contributed by atoms with Gasteiger partial charge in [-0.15, -0.1) is 0 Å². The van der Waals surface area contributed by atoms with Crippen molar-refractivity contribution >= 4 is 22.5 Å². The van der Waals surface area contributed by atoms with Crippen molar-refractivity contribution < 1.29 is 14.8 Å². The summed E-state index contributed by atoms with van der Waals surface area (Å²) in [6, 6.07) is 5.95. The molecule has 2 rings (SSSR count). The fraction of sp³-hybridized carbons (Fsp3) is 0.412. The first kappa shape index (κ1) is 17.8. The van der Waals surface area contributed by atoms with Crippen molar-refractivity contribution in [2.24, 2.45) is 5.41 Å². The molecule has 0 saturated carbocycles. The van der Waals surface area contributed by atoms with E-state index in [1.54, 1.807) is 12.1 Å². The predicted molar refractivity (Wildman–Crippen MR) is 90.8 cm³/mol. The van der Waals surface area contributed by atoms with Crippen LogP contribution < -0.4 is 5.32 Å². The summed E-state index contributed by atoms with van der Waals surface area (Å²) in [7, 11) is 0. The highest BCUT2D eigenvalue weighted by atomic mass is 16.6. The lowest BCUT2D eigenvalue weighted by atomic mass is 9.89. The van der Waals surface area contributed by atoms with Crippen LogP contribution in [-0.4, -0.2) is 34.1 Å². The van der Waals surface area contributed by atoms with Gasteiger partial charge in [-0.2, -0.15) is 0 Å². The fourth-order valence-corrected chi connectivity index (χ4v) is 2.44. The first-order chi connectivity index (χ1) is 11.4. The van der Waals surface area contributed by atoms with Gasteiger partial charge in [0.2, 0.25) is 0 Å². The van der Waals surface area contributed by atoms with Gasteiger partial charge in [0.05, 0.1) is 21.4 Å². The van der Waals surface area contributed by atoms with Crippen LogP contribution in [0.15, 0.2) is 30.5 Å². The Labute approximate surface area is 139 Å².